The van der Waals surface area contributed by atoms with Crippen molar-refractivity contribution in [1.82, 2.24) is 0 Å². The molecule has 0 amide bonds. The third kappa shape index (κ3) is 1.45. The maximum Gasteiger partial charge on any atom is 0.340 e. The number of carbonyl (C=O) groups is 1. The van der Waals surface area contributed by atoms with Crippen LogP contribution in [-0.2, 0) is 0 Å². The molecule has 0 bridgehead atoms. The number of carboxylic acids is 1. The number of rotatable bonds is 1. The maximum atomic E-state index is 10.5. The van der Waals surface area contributed by atoms with Crippen molar-refractivity contribution in [3.8, 4) is 11.5 Å². The largest absolute Gasteiger partial charge is 0.504 e. The van der Waals surface area contributed by atoms with E-state index in [1.165, 1.54) is 12.1 Å². The van der Waals surface area contributed by atoms with Gasteiger partial charge in [-0.2, -0.15) is 0 Å². The Kier molecular flexibility index (Phi) is 2.41. The molecule has 0 saturated heterocycles. The Bertz CT molecular complexity index is 334. The van der Waals surface area contributed by atoms with Crippen LogP contribution in [0.1, 0.15) is 10.4 Å². The third-order valence-electron chi connectivity index (χ3n) is 1.32. The van der Waals surface area contributed by atoms with Gasteiger partial charge < -0.3 is 15.3 Å². The summed E-state index contributed by atoms with van der Waals surface area (Å²) in [4.78, 5) is 10.5. The molecule has 0 fully saturated rings. The van der Waals surface area contributed by atoms with Gasteiger partial charge in [-0.15, -0.1) is 0 Å². The number of aromatic hydroxyl groups is 2. The van der Waals surface area contributed by atoms with Crippen molar-refractivity contribution in [2.24, 2.45) is 0 Å². The Morgan fingerprint density at radius 2 is 1.92 bits per heavy atom. The highest BCUT2D eigenvalue weighted by molar-refractivity contribution is 14.1. The number of aromatic carboxylic acids is 1. The third-order valence-corrected chi connectivity index (χ3v) is 2.22. The van der Waals surface area contributed by atoms with Crippen molar-refractivity contribution in [3.63, 3.8) is 0 Å². The molecule has 64 valence electrons. The van der Waals surface area contributed by atoms with Crippen LogP contribution < -0.4 is 0 Å². The van der Waals surface area contributed by atoms with Crippen molar-refractivity contribution in [1.29, 1.82) is 0 Å². The minimum absolute atomic E-state index is 0.268. The number of hydrogen-bond acceptors (Lipinski definition) is 3. The summed E-state index contributed by atoms with van der Waals surface area (Å²) < 4.78 is 0.385. The molecule has 1 aromatic rings. The quantitative estimate of drug-likeness (QED) is 0.536. The lowest BCUT2D eigenvalue weighted by atomic mass is 10.2. The van der Waals surface area contributed by atoms with E-state index in [1.807, 2.05) is 0 Å². The van der Waals surface area contributed by atoms with E-state index in [0.29, 0.717) is 3.57 Å². The number of phenolic OH excluding ortho intramolecular Hbond substituents is 1. The number of hydrogen-bond donors (Lipinski definition) is 3. The molecule has 0 radical (unpaired) electrons. The fourth-order valence-electron chi connectivity index (χ4n) is 0.759. The summed E-state index contributed by atoms with van der Waals surface area (Å²) in [6.45, 7) is 0. The van der Waals surface area contributed by atoms with E-state index in [4.69, 9.17) is 15.3 Å². The fourth-order valence-corrected chi connectivity index (χ4v) is 1.42. The zero-order valence-electron chi connectivity index (χ0n) is 5.78. The molecule has 0 unspecified atom stereocenters. The van der Waals surface area contributed by atoms with Crippen LogP contribution in [0.25, 0.3) is 0 Å². The highest BCUT2D eigenvalue weighted by atomic mass is 127. The van der Waals surface area contributed by atoms with Gasteiger partial charge in [0.1, 0.15) is 5.56 Å². The highest BCUT2D eigenvalue weighted by Crippen LogP contribution is 2.31. The molecule has 4 nitrogen and oxygen atoms in total. The van der Waals surface area contributed by atoms with Crippen LogP contribution in [0.2, 0.25) is 0 Å². The predicted molar refractivity (Wildman–Crippen MR) is 49.4 cm³/mol. The SMILES string of the molecule is O=C(O)c1c(I)ccc(O)c1O. The van der Waals surface area contributed by atoms with Crippen LogP contribution in [0.15, 0.2) is 12.1 Å². The molecule has 1 aromatic carbocycles. The summed E-state index contributed by atoms with van der Waals surface area (Å²) in [6.07, 6.45) is 0. The Morgan fingerprint density at radius 1 is 1.33 bits per heavy atom. The lowest BCUT2D eigenvalue weighted by molar-refractivity contribution is 0.0691. The van der Waals surface area contributed by atoms with Crippen LogP contribution in [0.4, 0.5) is 0 Å². The zero-order valence-corrected chi connectivity index (χ0v) is 7.94. The summed E-state index contributed by atoms with van der Waals surface area (Å²) in [5, 5.41) is 26.7. The molecular formula is C7H5IO4. The predicted octanol–water partition coefficient (Wildman–Crippen LogP) is 1.40. The number of carboxylic acid groups (broad SMARTS) is 1. The number of halogens is 1. The average Bonchev–Trinajstić information content (AvgIpc) is 1.97. The van der Waals surface area contributed by atoms with Crippen molar-refractivity contribution in [2.75, 3.05) is 0 Å². The second-order valence-corrected chi connectivity index (χ2v) is 3.26. The summed E-state index contributed by atoms with van der Waals surface area (Å²) in [5.74, 6) is -2.27. The molecule has 5 heteroatoms. The van der Waals surface area contributed by atoms with Gasteiger partial charge in [-0.1, -0.05) is 0 Å². The first-order valence-electron chi connectivity index (χ1n) is 2.97. The van der Waals surface area contributed by atoms with Gasteiger partial charge >= 0.3 is 5.97 Å². The van der Waals surface area contributed by atoms with Crippen molar-refractivity contribution >= 4 is 28.6 Å². The van der Waals surface area contributed by atoms with Crippen LogP contribution in [0.3, 0.4) is 0 Å². The standard InChI is InChI=1S/C7H5IO4/c8-3-1-2-4(9)6(10)5(3)7(11)12/h1-2,9-10H,(H,11,12). The Morgan fingerprint density at radius 3 is 2.33 bits per heavy atom. The first-order chi connectivity index (χ1) is 5.54. The lowest BCUT2D eigenvalue weighted by Crippen LogP contribution is -1.99. The van der Waals surface area contributed by atoms with Crippen molar-refractivity contribution in [3.05, 3.63) is 21.3 Å². The second kappa shape index (κ2) is 3.18. The molecule has 0 heterocycles. The minimum Gasteiger partial charge on any atom is -0.504 e. The molecule has 0 aromatic heterocycles. The highest BCUT2D eigenvalue weighted by Gasteiger charge is 2.16. The van der Waals surface area contributed by atoms with Gasteiger partial charge in [0.2, 0.25) is 0 Å². The van der Waals surface area contributed by atoms with E-state index < -0.39 is 17.5 Å². The molecular weight excluding hydrogens is 275 g/mol. The van der Waals surface area contributed by atoms with Gasteiger partial charge in [-0.05, 0) is 34.7 Å². The van der Waals surface area contributed by atoms with E-state index >= 15 is 0 Å². The zero-order chi connectivity index (χ0) is 9.30. The summed E-state index contributed by atoms with van der Waals surface area (Å²) in [6, 6.07) is 2.66. The van der Waals surface area contributed by atoms with E-state index in [1.54, 1.807) is 22.6 Å². The van der Waals surface area contributed by atoms with Crippen LogP contribution in [-0.4, -0.2) is 21.3 Å². The van der Waals surface area contributed by atoms with Gasteiger partial charge in [0, 0.05) is 3.57 Å². The second-order valence-electron chi connectivity index (χ2n) is 2.10. The van der Waals surface area contributed by atoms with E-state index in [-0.39, 0.29) is 5.56 Å². The van der Waals surface area contributed by atoms with E-state index in [0.717, 1.165) is 0 Å². The van der Waals surface area contributed by atoms with Gasteiger partial charge in [0.25, 0.3) is 0 Å². The fraction of sp³-hybridized carbons (Fsp3) is 0. The number of benzene rings is 1. The van der Waals surface area contributed by atoms with Crippen LogP contribution >= 0.6 is 22.6 Å². The molecule has 0 aliphatic carbocycles. The van der Waals surface area contributed by atoms with Gasteiger partial charge in [-0.25, -0.2) is 4.79 Å². The van der Waals surface area contributed by atoms with Crippen molar-refractivity contribution in [2.45, 2.75) is 0 Å². The van der Waals surface area contributed by atoms with Crippen molar-refractivity contribution < 1.29 is 20.1 Å². The topological polar surface area (TPSA) is 77.8 Å². The molecule has 12 heavy (non-hydrogen) atoms. The average molecular weight is 280 g/mol. The number of phenols is 2. The molecule has 0 spiro atoms. The summed E-state index contributed by atoms with van der Waals surface area (Å²) in [5.41, 5.74) is -0.268. The normalized spacial score (nSPS) is 9.75. The summed E-state index contributed by atoms with van der Waals surface area (Å²) >= 11 is 1.77. The maximum absolute atomic E-state index is 10.5. The van der Waals surface area contributed by atoms with Gasteiger partial charge in [0.05, 0.1) is 0 Å². The summed E-state index contributed by atoms with van der Waals surface area (Å²) in [7, 11) is 0. The Labute approximate surface area is 81.6 Å². The van der Waals surface area contributed by atoms with Crippen LogP contribution in [0.5, 0.6) is 11.5 Å². The first-order valence-corrected chi connectivity index (χ1v) is 4.05. The monoisotopic (exact) mass is 280 g/mol. The lowest BCUT2D eigenvalue weighted by Gasteiger charge is -2.03. The first kappa shape index (κ1) is 9.11. The molecule has 0 saturated carbocycles. The minimum atomic E-state index is -1.26. The molecule has 0 atom stereocenters. The molecule has 3 N–H and O–H groups in total. The molecule has 0 aliphatic rings. The van der Waals surface area contributed by atoms with Gasteiger partial charge in [-0.3, -0.25) is 0 Å². The van der Waals surface area contributed by atoms with E-state index in [2.05, 4.69) is 0 Å². The molecule has 1 rings (SSSR count). The van der Waals surface area contributed by atoms with E-state index in [9.17, 15) is 4.79 Å². The Balaban J connectivity index is 3.43. The smallest absolute Gasteiger partial charge is 0.340 e. The van der Waals surface area contributed by atoms with Gasteiger partial charge in [0.15, 0.2) is 11.5 Å². The Hall–Kier alpha value is -0.980. The molecule has 0 aliphatic heterocycles. The van der Waals surface area contributed by atoms with Crippen LogP contribution in [0, 0.1) is 3.57 Å².